The Labute approximate surface area is 164 Å². The van der Waals surface area contributed by atoms with E-state index in [-0.39, 0.29) is 5.91 Å². The van der Waals surface area contributed by atoms with E-state index in [9.17, 15) is 4.79 Å². The van der Waals surface area contributed by atoms with Gasteiger partial charge in [0.1, 0.15) is 11.5 Å². The van der Waals surface area contributed by atoms with Gasteiger partial charge in [-0.25, -0.2) is 0 Å². The summed E-state index contributed by atoms with van der Waals surface area (Å²) in [6.45, 7) is 5.94. The van der Waals surface area contributed by atoms with Gasteiger partial charge < -0.3 is 19.5 Å². The van der Waals surface area contributed by atoms with Gasteiger partial charge in [0.05, 0.1) is 6.20 Å². The molecule has 7 nitrogen and oxygen atoms in total. The van der Waals surface area contributed by atoms with Crippen LogP contribution in [0.3, 0.4) is 0 Å². The molecule has 28 heavy (non-hydrogen) atoms. The highest BCUT2D eigenvalue weighted by atomic mass is 16.3. The number of nitrogens with one attached hydrogen (secondary N) is 2. The van der Waals surface area contributed by atoms with Gasteiger partial charge in [0, 0.05) is 49.5 Å². The number of hydrogen-bond donors (Lipinski definition) is 2. The van der Waals surface area contributed by atoms with Crippen LogP contribution in [0.4, 0.5) is 5.69 Å². The molecule has 1 aromatic carbocycles. The molecule has 0 spiro atoms. The summed E-state index contributed by atoms with van der Waals surface area (Å²) in [6.07, 6.45) is 1.80. The number of amides is 1. The number of carbonyl (C=O) groups is 1. The van der Waals surface area contributed by atoms with Crippen molar-refractivity contribution in [3.05, 3.63) is 59.5 Å². The molecule has 0 bridgehead atoms. The maximum atomic E-state index is 12.6. The van der Waals surface area contributed by atoms with E-state index in [1.165, 1.54) is 0 Å². The number of aryl methyl sites for hydroxylation is 1. The van der Waals surface area contributed by atoms with Crippen molar-refractivity contribution >= 4 is 11.6 Å². The maximum absolute atomic E-state index is 12.6. The molecule has 1 aliphatic rings. The Kier molecular flexibility index (Phi) is 5.16. The maximum Gasteiger partial charge on any atom is 0.253 e. The van der Waals surface area contributed by atoms with Crippen LogP contribution in [0.1, 0.15) is 21.7 Å². The normalized spacial score (nSPS) is 15.0. The Balaban J connectivity index is 1.38. The van der Waals surface area contributed by atoms with Crippen molar-refractivity contribution in [2.45, 2.75) is 13.5 Å². The fourth-order valence-electron chi connectivity index (χ4n) is 3.35. The van der Waals surface area contributed by atoms with Crippen molar-refractivity contribution in [3.63, 3.8) is 0 Å². The fourth-order valence-corrected chi connectivity index (χ4v) is 3.35. The largest absolute Gasteiger partial charge is 0.460 e. The number of anilines is 1. The number of piperazine rings is 1. The lowest BCUT2D eigenvalue weighted by atomic mass is 10.1. The predicted octanol–water partition coefficient (Wildman–Crippen LogP) is 2.98. The summed E-state index contributed by atoms with van der Waals surface area (Å²) in [7, 11) is 2.08. The zero-order chi connectivity index (χ0) is 19.5. The van der Waals surface area contributed by atoms with Gasteiger partial charge in [-0.2, -0.15) is 5.10 Å². The number of rotatable bonds is 5. The van der Waals surface area contributed by atoms with Crippen LogP contribution in [0, 0.1) is 6.92 Å². The van der Waals surface area contributed by atoms with E-state index in [1.807, 2.05) is 48.2 Å². The van der Waals surface area contributed by atoms with Crippen LogP contribution in [-0.2, 0) is 6.54 Å². The van der Waals surface area contributed by atoms with Gasteiger partial charge in [-0.1, -0.05) is 0 Å². The van der Waals surface area contributed by atoms with Crippen molar-refractivity contribution in [3.8, 4) is 11.5 Å². The number of nitrogens with zero attached hydrogens (tertiary/aromatic N) is 3. The standard InChI is InChI=1S/C21H25N5O2/c1-15-3-8-19(28-15)20-17(14-23-24-20)13-22-18-6-4-16(5-7-18)21(27)26-11-9-25(2)10-12-26/h3-8,14,22H,9-13H2,1-2H3,(H,23,24). The van der Waals surface area contributed by atoms with E-state index < -0.39 is 0 Å². The first-order valence-corrected chi connectivity index (χ1v) is 9.51. The monoisotopic (exact) mass is 379 g/mol. The Bertz CT molecular complexity index is 936. The van der Waals surface area contributed by atoms with E-state index in [0.29, 0.717) is 6.54 Å². The lowest BCUT2D eigenvalue weighted by Crippen LogP contribution is -2.47. The summed E-state index contributed by atoms with van der Waals surface area (Å²) in [5.74, 6) is 1.74. The third-order valence-electron chi connectivity index (χ3n) is 5.11. The van der Waals surface area contributed by atoms with Gasteiger partial charge in [0.2, 0.25) is 0 Å². The summed E-state index contributed by atoms with van der Waals surface area (Å²) >= 11 is 0. The molecule has 1 amide bonds. The zero-order valence-corrected chi connectivity index (χ0v) is 16.2. The summed E-state index contributed by atoms with van der Waals surface area (Å²) < 4.78 is 5.68. The lowest BCUT2D eigenvalue weighted by Gasteiger charge is -2.32. The third kappa shape index (κ3) is 3.94. The van der Waals surface area contributed by atoms with Crippen molar-refractivity contribution in [2.75, 3.05) is 38.5 Å². The molecule has 2 N–H and O–H groups in total. The minimum absolute atomic E-state index is 0.102. The number of furan rings is 1. The number of aromatic nitrogens is 2. The molecule has 0 saturated carbocycles. The number of aromatic amines is 1. The van der Waals surface area contributed by atoms with Gasteiger partial charge in [0.25, 0.3) is 5.91 Å². The van der Waals surface area contributed by atoms with Crippen molar-refractivity contribution in [2.24, 2.45) is 0 Å². The number of likely N-dealkylation sites (N-methyl/N-ethyl adjacent to an activating group) is 1. The van der Waals surface area contributed by atoms with Crippen molar-refractivity contribution in [1.29, 1.82) is 0 Å². The van der Waals surface area contributed by atoms with Crippen LogP contribution in [0.25, 0.3) is 11.5 Å². The second kappa shape index (κ2) is 7.90. The highest BCUT2D eigenvalue weighted by Gasteiger charge is 2.20. The first kappa shape index (κ1) is 18.3. The lowest BCUT2D eigenvalue weighted by molar-refractivity contribution is 0.0664. The Morgan fingerprint density at radius 1 is 1.14 bits per heavy atom. The zero-order valence-electron chi connectivity index (χ0n) is 16.2. The van der Waals surface area contributed by atoms with Gasteiger partial charge >= 0.3 is 0 Å². The van der Waals surface area contributed by atoms with E-state index >= 15 is 0 Å². The predicted molar refractivity (Wildman–Crippen MR) is 108 cm³/mol. The summed E-state index contributed by atoms with van der Waals surface area (Å²) in [5.41, 5.74) is 3.58. The summed E-state index contributed by atoms with van der Waals surface area (Å²) in [4.78, 5) is 16.8. The number of benzene rings is 1. The Morgan fingerprint density at radius 2 is 1.89 bits per heavy atom. The molecule has 0 radical (unpaired) electrons. The van der Waals surface area contributed by atoms with E-state index in [1.54, 1.807) is 6.20 Å². The van der Waals surface area contributed by atoms with Gasteiger partial charge in [-0.05, 0) is 50.4 Å². The molecule has 0 atom stereocenters. The molecule has 0 unspecified atom stereocenters. The second-order valence-electron chi connectivity index (χ2n) is 7.21. The van der Waals surface area contributed by atoms with Crippen LogP contribution >= 0.6 is 0 Å². The van der Waals surface area contributed by atoms with Gasteiger partial charge in [0.15, 0.2) is 5.76 Å². The van der Waals surface area contributed by atoms with Crippen LogP contribution in [0.15, 0.2) is 47.0 Å². The Morgan fingerprint density at radius 3 is 2.57 bits per heavy atom. The molecule has 2 aromatic heterocycles. The summed E-state index contributed by atoms with van der Waals surface area (Å²) in [6, 6.07) is 11.5. The first-order valence-electron chi connectivity index (χ1n) is 9.51. The number of H-pyrrole nitrogens is 1. The number of carbonyl (C=O) groups excluding carboxylic acids is 1. The smallest absolute Gasteiger partial charge is 0.253 e. The van der Waals surface area contributed by atoms with Crippen molar-refractivity contribution in [1.82, 2.24) is 20.0 Å². The molecule has 4 rings (SSSR count). The fraction of sp³-hybridized carbons (Fsp3) is 0.333. The highest BCUT2D eigenvalue weighted by molar-refractivity contribution is 5.94. The average Bonchev–Trinajstić information content (AvgIpc) is 3.35. The Hall–Kier alpha value is -3.06. The molecule has 7 heteroatoms. The number of hydrogen-bond acceptors (Lipinski definition) is 5. The second-order valence-corrected chi connectivity index (χ2v) is 7.21. The SMILES string of the molecule is Cc1ccc(-c2[nH]ncc2CNc2ccc(C(=O)N3CCN(C)CC3)cc2)o1. The molecule has 1 aliphatic heterocycles. The molecule has 1 saturated heterocycles. The first-order chi connectivity index (χ1) is 13.6. The molecule has 1 fully saturated rings. The van der Waals surface area contributed by atoms with Crippen molar-refractivity contribution < 1.29 is 9.21 Å². The highest BCUT2D eigenvalue weighted by Crippen LogP contribution is 2.24. The van der Waals surface area contributed by atoms with Gasteiger partial charge in [-0.3, -0.25) is 9.89 Å². The molecule has 146 valence electrons. The molecule has 0 aliphatic carbocycles. The van der Waals surface area contributed by atoms with Crippen LogP contribution < -0.4 is 5.32 Å². The topological polar surface area (TPSA) is 77.4 Å². The molecular formula is C21H25N5O2. The quantitative estimate of drug-likeness (QED) is 0.713. The molecule has 3 aromatic rings. The average molecular weight is 379 g/mol. The van der Waals surface area contributed by atoms with Crippen LogP contribution in [0.2, 0.25) is 0 Å². The third-order valence-corrected chi connectivity index (χ3v) is 5.11. The van der Waals surface area contributed by atoms with Crippen LogP contribution in [0.5, 0.6) is 0 Å². The minimum Gasteiger partial charge on any atom is -0.460 e. The van der Waals surface area contributed by atoms with Crippen LogP contribution in [-0.4, -0.2) is 59.1 Å². The van der Waals surface area contributed by atoms with Gasteiger partial charge in [-0.15, -0.1) is 0 Å². The molecular weight excluding hydrogens is 354 g/mol. The van der Waals surface area contributed by atoms with E-state index in [4.69, 9.17) is 4.42 Å². The minimum atomic E-state index is 0.102. The van der Waals surface area contributed by atoms with E-state index in [0.717, 1.165) is 60.2 Å². The molecule has 3 heterocycles. The summed E-state index contributed by atoms with van der Waals surface area (Å²) in [5, 5.41) is 10.5. The van der Waals surface area contributed by atoms with E-state index in [2.05, 4.69) is 27.5 Å².